The molecule has 0 unspecified atom stereocenters. The summed E-state index contributed by atoms with van der Waals surface area (Å²) in [7, 11) is 0. The molecule has 0 aliphatic carbocycles. The molecule has 0 aromatic heterocycles. The van der Waals surface area contributed by atoms with Crippen LogP contribution in [0, 0.1) is 0 Å². The molecule has 0 saturated heterocycles. The van der Waals surface area contributed by atoms with Crippen LogP contribution in [0.15, 0.2) is 79.6 Å². The smallest absolute Gasteiger partial charge is 0.0416 e. The van der Waals surface area contributed by atoms with Gasteiger partial charge in [0.1, 0.15) is 0 Å². The molecule has 1 heteroatoms. The van der Waals surface area contributed by atoms with Crippen molar-refractivity contribution in [1.82, 2.24) is 0 Å². The lowest BCUT2D eigenvalue weighted by molar-refractivity contribution is 0.477. The Morgan fingerprint density at radius 2 is 1.80 bits per heavy atom. The van der Waals surface area contributed by atoms with Crippen LogP contribution in [0.4, 0.5) is 5.69 Å². The third kappa shape index (κ3) is 3.99. The molecule has 0 fully saturated rings. The van der Waals surface area contributed by atoms with E-state index in [2.05, 4.69) is 69.2 Å². The summed E-state index contributed by atoms with van der Waals surface area (Å²) in [4.78, 5) is 2.34. The van der Waals surface area contributed by atoms with E-state index in [-0.39, 0.29) is 5.54 Å². The van der Waals surface area contributed by atoms with E-state index < -0.39 is 0 Å². The molecule has 106 valence electrons. The average Bonchev–Trinajstić information content (AvgIpc) is 2.46. The minimum absolute atomic E-state index is 0.0156. The van der Waals surface area contributed by atoms with Gasteiger partial charge in [0.25, 0.3) is 0 Å². The van der Waals surface area contributed by atoms with E-state index in [1.807, 2.05) is 24.3 Å². The summed E-state index contributed by atoms with van der Waals surface area (Å²) in [5.41, 5.74) is 2.31. The maximum Gasteiger partial charge on any atom is 0.0416 e. The monoisotopic (exact) mass is 267 g/mol. The number of allylic oxidation sites excluding steroid dienone is 5. The molecule has 0 radical (unpaired) electrons. The zero-order chi connectivity index (χ0) is 15.0. The van der Waals surface area contributed by atoms with Crippen LogP contribution in [0.1, 0.15) is 27.2 Å². The standard InChI is InChI=1S/C19H25N/c1-6-9-14-17(13-7-2)20(19(4,5)8-3)18-15-11-10-12-16-18/h6-7,9-16H,1-2,8H2,3-5H3/b14-9-,17-13+. The van der Waals surface area contributed by atoms with E-state index in [9.17, 15) is 0 Å². The molecule has 20 heavy (non-hydrogen) atoms. The SMILES string of the molecule is C=C/C=C\C(=C/C=C)N(c1ccccc1)C(C)(C)CC. The minimum Gasteiger partial charge on any atom is -0.336 e. The lowest BCUT2D eigenvalue weighted by Crippen LogP contribution is -2.42. The second-order valence-corrected chi connectivity index (χ2v) is 5.26. The molecule has 0 bridgehead atoms. The van der Waals surface area contributed by atoms with Gasteiger partial charge in [-0.3, -0.25) is 0 Å². The van der Waals surface area contributed by atoms with Gasteiger partial charge in [0, 0.05) is 16.9 Å². The van der Waals surface area contributed by atoms with Gasteiger partial charge in [0.15, 0.2) is 0 Å². The Morgan fingerprint density at radius 3 is 2.30 bits per heavy atom. The number of benzene rings is 1. The van der Waals surface area contributed by atoms with Gasteiger partial charge in [0.05, 0.1) is 0 Å². The summed E-state index contributed by atoms with van der Waals surface area (Å²) in [5, 5.41) is 0. The number of anilines is 1. The summed E-state index contributed by atoms with van der Waals surface area (Å²) in [5.74, 6) is 0. The lowest BCUT2D eigenvalue weighted by Gasteiger charge is -2.40. The van der Waals surface area contributed by atoms with Crippen LogP contribution in [0.5, 0.6) is 0 Å². The number of rotatable bonds is 7. The Hall–Kier alpha value is -2.02. The molecule has 1 rings (SSSR count). The first kappa shape index (κ1) is 16.0. The van der Waals surface area contributed by atoms with Gasteiger partial charge in [-0.1, -0.05) is 56.5 Å². The van der Waals surface area contributed by atoms with Gasteiger partial charge in [-0.2, -0.15) is 0 Å². The van der Waals surface area contributed by atoms with Crippen molar-refractivity contribution >= 4 is 5.69 Å². The Labute approximate surface area is 123 Å². The van der Waals surface area contributed by atoms with Gasteiger partial charge in [-0.25, -0.2) is 0 Å². The third-order valence-corrected chi connectivity index (χ3v) is 3.43. The van der Waals surface area contributed by atoms with Crippen LogP contribution >= 0.6 is 0 Å². The molecular weight excluding hydrogens is 242 g/mol. The van der Waals surface area contributed by atoms with Crippen LogP contribution in [0.3, 0.4) is 0 Å². The highest BCUT2D eigenvalue weighted by Crippen LogP contribution is 2.31. The van der Waals surface area contributed by atoms with Crippen LogP contribution in [-0.4, -0.2) is 5.54 Å². The van der Waals surface area contributed by atoms with Crippen molar-refractivity contribution in [1.29, 1.82) is 0 Å². The Bertz CT molecular complexity index is 492. The van der Waals surface area contributed by atoms with Crippen molar-refractivity contribution in [3.8, 4) is 0 Å². The van der Waals surface area contributed by atoms with Crippen LogP contribution in [-0.2, 0) is 0 Å². The van der Waals surface area contributed by atoms with E-state index in [0.29, 0.717) is 0 Å². The predicted molar refractivity (Wildman–Crippen MR) is 90.9 cm³/mol. The quantitative estimate of drug-likeness (QED) is 0.590. The van der Waals surface area contributed by atoms with E-state index in [1.54, 1.807) is 6.08 Å². The maximum atomic E-state index is 3.83. The summed E-state index contributed by atoms with van der Waals surface area (Å²) >= 11 is 0. The summed E-state index contributed by atoms with van der Waals surface area (Å²) in [6, 6.07) is 10.4. The maximum absolute atomic E-state index is 3.83. The molecule has 1 nitrogen and oxygen atoms in total. The van der Waals surface area contributed by atoms with Gasteiger partial charge in [-0.05, 0) is 44.6 Å². The largest absolute Gasteiger partial charge is 0.336 e. The molecule has 1 aromatic carbocycles. The van der Waals surface area contributed by atoms with E-state index in [4.69, 9.17) is 0 Å². The molecule has 0 heterocycles. The van der Waals surface area contributed by atoms with E-state index in [1.165, 1.54) is 5.69 Å². The first-order valence-corrected chi connectivity index (χ1v) is 7.04. The summed E-state index contributed by atoms with van der Waals surface area (Å²) in [6.45, 7) is 14.3. The normalized spacial score (nSPS) is 12.4. The van der Waals surface area contributed by atoms with Crippen molar-refractivity contribution in [2.75, 3.05) is 4.90 Å². The molecule has 0 spiro atoms. The molecule has 0 amide bonds. The van der Waals surface area contributed by atoms with E-state index >= 15 is 0 Å². The molecule has 0 N–H and O–H groups in total. The molecule has 0 atom stereocenters. The van der Waals surface area contributed by atoms with Crippen LogP contribution < -0.4 is 4.90 Å². The fourth-order valence-corrected chi connectivity index (χ4v) is 2.08. The van der Waals surface area contributed by atoms with Gasteiger partial charge in [0.2, 0.25) is 0 Å². The van der Waals surface area contributed by atoms with Crippen LogP contribution in [0.2, 0.25) is 0 Å². The lowest BCUT2D eigenvalue weighted by atomic mass is 9.96. The average molecular weight is 267 g/mol. The molecule has 0 aliphatic heterocycles. The fourth-order valence-electron chi connectivity index (χ4n) is 2.08. The molecular formula is C19H25N. The molecule has 1 aromatic rings. The van der Waals surface area contributed by atoms with Gasteiger partial charge < -0.3 is 4.90 Å². The topological polar surface area (TPSA) is 3.24 Å². The van der Waals surface area contributed by atoms with Crippen LogP contribution in [0.25, 0.3) is 0 Å². The molecule has 0 aliphatic rings. The summed E-state index contributed by atoms with van der Waals surface area (Å²) in [6.07, 6.45) is 10.7. The first-order valence-electron chi connectivity index (χ1n) is 7.04. The number of para-hydroxylation sites is 1. The number of hydrogen-bond acceptors (Lipinski definition) is 1. The first-order chi connectivity index (χ1) is 9.56. The Kier molecular flexibility index (Phi) is 6.05. The zero-order valence-electron chi connectivity index (χ0n) is 12.8. The highest BCUT2D eigenvalue weighted by Gasteiger charge is 2.26. The second-order valence-electron chi connectivity index (χ2n) is 5.26. The highest BCUT2D eigenvalue weighted by atomic mass is 15.2. The third-order valence-electron chi connectivity index (χ3n) is 3.43. The van der Waals surface area contributed by atoms with Crippen molar-refractivity contribution in [3.63, 3.8) is 0 Å². The van der Waals surface area contributed by atoms with Crippen molar-refractivity contribution < 1.29 is 0 Å². The Balaban J connectivity index is 3.36. The van der Waals surface area contributed by atoms with Crippen molar-refractivity contribution in [3.05, 3.63) is 79.6 Å². The predicted octanol–water partition coefficient (Wildman–Crippen LogP) is 5.49. The fraction of sp³-hybridized carbons (Fsp3) is 0.263. The second kappa shape index (κ2) is 7.54. The van der Waals surface area contributed by atoms with Crippen molar-refractivity contribution in [2.45, 2.75) is 32.7 Å². The van der Waals surface area contributed by atoms with E-state index in [0.717, 1.165) is 12.1 Å². The van der Waals surface area contributed by atoms with Crippen molar-refractivity contribution in [2.24, 2.45) is 0 Å². The molecule has 0 saturated carbocycles. The number of nitrogens with zero attached hydrogens (tertiary/aromatic N) is 1. The number of hydrogen-bond donors (Lipinski definition) is 0. The summed E-state index contributed by atoms with van der Waals surface area (Å²) < 4.78 is 0. The zero-order valence-corrected chi connectivity index (χ0v) is 12.8. The highest BCUT2D eigenvalue weighted by molar-refractivity contribution is 5.57. The van der Waals surface area contributed by atoms with Gasteiger partial charge in [-0.15, -0.1) is 0 Å². The van der Waals surface area contributed by atoms with Gasteiger partial charge >= 0.3 is 0 Å². The minimum atomic E-state index is 0.0156. The Morgan fingerprint density at radius 1 is 1.15 bits per heavy atom.